The number of benzene rings is 2. The molecule has 3 rings (SSSR count). The van der Waals surface area contributed by atoms with Crippen LogP contribution in [0.3, 0.4) is 0 Å². The first-order chi connectivity index (χ1) is 12.8. The van der Waals surface area contributed by atoms with Crippen molar-refractivity contribution in [1.82, 2.24) is 0 Å². The van der Waals surface area contributed by atoms with E-state index in [0.717, 1.165) is 24.3 Å². The van der Waals surface area contributed by atoms with Gasteiger partial charge in [-0.3, -0.25) is 4.79 Å². The van der Waals surface area contributed by atoms with Gasteiger partial charge < -0.3 is 15.8 Å². The van der Waals surface area contributed by atoms with E-state index in [0.29, 0.717) is 5.56 Å². The first-order valence-corrected chi connectivity index (χ1v) is 7.94. The van der Waals surface area contributed by atoms with Gasteiger partial charge in [0.15, 0.2) is 0 Å². The highest BCUT2D eigenvalue weighted by Crippen LogP contribution is 2.38. The molecular formula is C18H14F4N2O3. The van der Waals surface area contributed by atoms with Crippen LogP contribution >= 0.6 is 0 Å². The molecule has 0 saturated heterocycles. The van der Waals surface area contributed by atoms with Crippen LogP contribution in [0.25, 0.3) is 0 Å². The lowest BCUT2D eigenvalue weighted by Gasteiger charge is -2.14. The molecule has 3 N–H and O–H groups in total. The van der Waals surface area contributed by atoms with Gasteiger partial charge in [0.1, 0.15) is 17.7 Å². The molecule has 0 fully saturated rings. The minimum Gasteiger partial charge on any atom is -0.441 e. The Morgan fingerprint density at radius 1 is 1.15 bits per heavy atom. The highest BCUT2D eigenvalue weighted by atomic mass is 19.3. The summed E-state index contributed by atoms with van der Waals surface area (Å²) in [5.41, 5.74) is 4.61. The Balaban J connectivity index is 1.90. The molecule has 1 atom stereocenters. The van der Waals surface area contributed by atoms with Crippen LogP contribution < -0.4 is 11.1 Å². The SMILES string of the molecule is NC(=O)O[C@H]1CCc2c(C(=O)Nc3ccc(F)c(C(F)F)c3)ccc(F)c21. The van der Waals surface area contributed by atoms with Gasteiger partial charge in [0.2, 0.25) is 0 Å². The monoisotopic (exact) mass is 382 g/mol. The molecule has 1 aliphatic rings. The molecule has 0 unspecified atom stereocenters. The number of carbonyl (C=O) groups is 2. The third kappa shape index (κ3) is 3.71. The van der Waals surface area contributed by atoms with Gasteiger partial charge in [0.25, 0.3) is 12.3 Å². The molecule has 27 heavy (non-hydrogen) atoms. The Labute approximate surface area is 151 Å². The Kier molecular flexibility index (Phi) is 5.02. The van der Waals surface area contributed by atoms with E-state index in [1.54, 1.807) is 0 Å². The van der Waals surface area contributed by atoms with Crippen LogP contribution in [0.4, 0.5) is 28.0 Å². The molecule has 0 aliphatic heterocycles. The number of rotatable bonds is 4. The average Bonchev–Trinajstić information content (AvgIpc) is 3.00. The number of hydrogen-bond acceptors (Lipinski definition) is 3. The van der Waals surface area contributed by atoms with Crippen molar-refractivity contribution in [3.8, 4) is 0 Å². The molecule has 142 valence electrons. The van der Waals surface area contributed by atoms with Gasteiger partial charge in [-0.1, -0.05) is 0 Å². The van der Waals surface area contributed by atoms with Crippen molar-refractivity contribution < 1.29 is 31.9 Å². The standard InChI is InChI=1S/C18H14F4N2O3/c19-12-4-1-8(7-11(12)16(21)22)24-17(25)10-2-5-13(20)15-9(10)3-6-14(15)27-18(23)26/h1-2,4-5,7,14,16H,3,6H2,(H2,23,26)(H,24,25)/t14-/m0/s1. The van der Waals surface area contributed by atoms with Gasteiger partial charge in [-0.2, -0.15) is 0 Å². The molecule has 2 aromatic rings. The van der Waals surface area contributed by atoms with E-state index in [1.165, 1.54) is 6.07 Å². The van der Waals surface area contributed by atoms with Gasteiger partial charge in [-0.05, 0) is 48.7 Å². The fourth-order valence-electron chi connectivity index (χ4n) is 3.13. The summed E-state index contributed by atoms with van der Waals surface area (Å²) in [7, 11) is 0. The van der Waals surface area contributed by atoms with Gasteiger partial charge >= 0.3 is 6.09 Å². The summed E-state index contributed by atoms with van der Waals surface area (Å²) in [4.78, 5) is 23.5. The third-order valence-electron chi connectivity index (χ3n) is 4.27. The van der Waals surface area contributed by atoms with Crippen molar-refractivity contribution in [2.24, 2.45) is 5.73 Å². The summed E-state index contributed by atoms with van der Waals surface area (Å²) >= 11 is 0. The van der Waals surface area contributed by atoms with Gasteiger partial charge in [-0.25, -0.2) is 22.4 Å². The predicted octanol–water partition coefficient (Wildman–Crippen LogP) is 4.24. The maximum atomic E-state index is 14.2. The maximum Gasteiger partial charge on any atom is 0.405 e. The molecule has 2 amide bonds. The van der Waals surface area contributed by atoms with Crippen molar-refractivity contribution in [2.75, 3.05) is 5.32 Å². The number of carbonyl (C=O) groups excluding carboxylic acids is 2. The number of anilines is 1. The number of alkyl halides is 2. The Hall–Kier alpha value is -3.10. The van der Waals surface area contributed by atoms with Crippen LogP contribution in [0.5, 0.6) is 0 Å². The third-order valence-corrected chi connectivity index (χ3v) is 4.27. The minimum atomic E-state index is -3.04. The zero-order valence-electron chi connectivity index (χ0n) is 13.8. The molecule has 0 spiro atoms. The number of hydrogen-bond donors (Lipinski definition) is 2. The molecule has 2 aromatic carbocycles. The van der Waals surface area contributed by atoms with Crippen LogP contribution in [0.2, 0.25) is 0 Å². The van der Waals surface area contributed by atoms with Crippen molar-refractivity contribution in [2.45, 2.75) is 25.4 Å². The number of nitrogens with two attached hydrogens (primary N) is 1. The zero-order valence-corrected chi connectivity index (χ0v) is 13.8. The summed E-state index contributed by atoms with van der Waals surface area (Å²) in [6.07, 6.45) is -4.48. The maximum absolute atomic E-state index is 14.2. The molecule has 0 saturated carbocycles. The summed E-state index contributed by atoms with van der Waals surface area (Å²) in [6.45, 7) is 0. The number of primary amides is 1. The number of amides is 2. The lowest BCUT2D eigenvalue weighted by Crippen LogP contribution is -2.18. The number of fused-ring (bicyclic) bond motifs is 1. The first kappa shape index (κ1) is 18.7. The average molecular weight is 382 g/mol. The molecule has 5 nitrogen and oxygen atoms in total. The van der Waals surface area contributed by atoms with Crippen molar-refractivity contribution in [3.63, 3.8) is 0 Å². The van der Waals surface area contributed by atoms with Crippen molar-refractivity contribution in [3.05, 3.63) is 64.2 Å². The second-order valence-corrected chi connectivity index (χ2v) is 5.94. The summed E-state index contributed by atoms with van der Waals surface area (Å²) in [6, 6.07) is 5.09. The normalized spacial score (nSPS) is 15.5. The predicted molar refractivity (Wildman–Crippen MR) is 87.4 cm³/mol. The highest BCUT2D eigenvalue weighted by Gasteiger charge is 2.32. The highest BCUT2D eigenvalue weighted by molar-refractivity contribution is 6.05. The summed E-state index contributed by atoms with van der Waals surface area (Å²) < 4.78 is 58.0. The van der Waals surface area contributed by atoms with Crippen molar-refractivity contribution in [1.29, 1.82) is 0 Å². The minimum absolute atomic E-state index is 0.0299. The molecular weight excluding hydrogens is 368 g/mol. The van der Waals surface area contributed by atoms with E-state index in [4.69, 9.17) is 10.5 Å². The van der Waals surface area contributed by atoms with Crippen LogP contribution in [-0.2, 0) is 11.2 Å². The topological polar surface area (TPSA) is 81.4 Å². The number of nitrogens with one attached hydrogen (secondary N) is 1. The number of halogens is 4. The first-order valence-electron chi connectivity index (χ1n) is 7.94. The smallest absolute Gasteiger partial charge is 0.405 e. The van der Waals surface area contributed by atoms with E-state index in [-0.39, 0.29) is 29.7 Å². The fourth-order valence-corrected chi connectivity index (χ4v) is 3.13. The quantitative estimate of drug-likeness (QED) is 0.776. The Morgan fingerprint density at radius 2 is 1.85 bits per heavy atom. The lowest BCUT2D eigenvalue weighted by molar-refractivity contribution is 0.102. The van der Waals surface area contributed by atoms with Gasteiger partial charge in [0.05, 0.1) is 5.56 Å². The van der Waals surface area contributed by atoms with Gasteiger partial charge in [0, 0.05) is 16.8 Å². The van der Waals surface area contributed by atoms with Crippen molar-refractivity contribution >= 4 is 17.7 Å². The van der Waals surface area contributed by atoms with Gasteiger partial charge in [-0.15, -0.1) is 0 Å². The van der Waals surface area contributed by atoms with Crippen LogP contribution in [0.1, 0.15) is 46.0 Å². The molecule has 0 aromatic heterocycles. The molecule has 9 heteroatoms. The largest absolute Gasteiger partial charge is 0.441 e. The second-order valence-electron chi connectivity index (χ2n) is 5.94. The van der Waals surface area contributed by atoms with E-state index < -0.39 is 41.7 Å². The van der Waals surface area contributed by atoms with E-state index in [2.05, 4.69) is 5.32 Å². The Morgan fingerprint density at radius 3 is 2.52 bits per heavy atom. The van der Waals surface area contributed by atoms with E-state index in [9.17, 15) is 27.2 Å². The fraction of sp³-hybridized carbons (Fsp3) is 0.222. The van der Waals surface area contributed by atoms with E-state index >= 15 is 0 Å². The summed E-state index contributed by atoms with van der Waals surface area (Å²) in [5, 5.41) is 2.39. The Bertz CT molecular complexity index is 918. The number of ether oxygens (including phenoxy) is 1. The summed E-state index contributed by atoms with van der Waals surface area (Å²) in [5.74, 6) is -2.41. The molecule has 0 radical (unpaired) electrons. The van der Waals surface area contributed by atoms with Crippen LogP contribution in [0.15, 0.2) is 30.3 Å². The van der Waals surface area contributed by atoms with E-state index in [1.807, 2.05) is 0 Å². The molecule has 1 aliphatic carbocycles. The molecule has 0 heterocycles. The lowest BCUT2D eigenvalue weighted by atomic mass is 10.0. The van der Waals surface area contributed by atoms with Crippen LogP contribution in [-0.4, -0.2) is 12.0 Å². The molecule has 0 bridgehead atoms. The van der Waals surface area contributed by atoms with Crippen LogP contribution in [0, 0.1) is 11.6 Å². The second kappa shape index (κ2) is 7.26. The zero-order chi connectivity index (χ0) is 19.7.